The van der Waals surface area contributed by atoms with Gasteiger partial charge in [-0.15, -0.1) is 22.7 Å². The van der Waals surface area contributed by atoms with Gasteiger partial charge in [-0.25, -0.2) is 4.98 Å². The molecule has 0 saturated carbocycles. The summed E-state index contributed by atoms with van der Waals surface area (Å²) in [5.74, 6) is -0.0625. The highest BCUT2D eigenvalue weighted by Gasteiger charge is 2.15. The maximum absolute atomic E-state index is 12.3. The maximum atomic E-state index is 12.3. The van der Waals surface area contributed by atoms with Gasteiger partial charge in [0.2, 0.25) is 5.91 Å². The van der Waals surface area contributed by atoms with Gasteiger partial charge in [0, 0.05) is 28.6 Å². The van der Waals surface area contributed by atoms with Crippen LogP contribution in [0.4, 0.5) is 5.13 Å². The SMILES string of the molecule is Cc1ccc(-c2csc(NC(=O)Cc3c(C)nn(C)c3C)n2)s1. The molecule has 3 rings (SSSR count). The number of rotatable bonds is 4. The Morgan fingerprint density at radius 2 is 2.09 bits per heavy atom. The van der Waals surface area contributed by atoms with E-state index in [-0.39, 0.29) is 5.91 Å². The van der Waals surface area contributed by atoms with E-state index in [0.717, 1.165) is 27.5 Å². The summed E-state index contributed by atoms with van der Waals surface area (Å²) in [6.45, 7) is 5.97. The van der Waals surface area contributed by atoms with Crippen LogP contribution in [-0.4, -0.2) is 20.7 Å². The van der Waals surface area contributed by atoms with E-state index in [9.17, 15) is 4.79 Å². The summed E-state index contributed by atoms with van der Waals surface area (Å²) in [5, 5.41) is 9.84. The van der Waals surface area contributed by atoms with E-state index >= 15 is 0 Å². The molecule has 0 radical (unpaired) electrons. The Morgan fingerprint density at radius 3 is 2.70 bits per heavy atom. The van der Waals surface area contributed by atoms with Crippen LogP contribution < -0.4 is 5.32 Å². The molecule has 1 N–H and O–H groups in total. The number of thiazole rings is 1. The molecule has 3 aromatic rings. The van der Waals surface area contributed by atoms with Gasteiger partial charge in [0.15, 0.2) is 5.13 Å². The zero-order valence-electron chi connectivity index (χ0n) is 13.5. The van der Waals surface area contributed by atoms with Gasteiger partial charge in [-0.1, -0.05) is 0 Å². The average Bonchev–Trinajstić information content (AvgIpc) is 3.17. The van der Waals surface area contributed by atoms with Crippen molar-refractivity contribution in [3.63, 3.8) is 0 Å². The second kappa shape index (κ2) is 6.25. The molecule has 0 saturated heterocycles. The molecule has 0 bridgehead atoms. The normalized spacial score (nSPS) is 11.0. The Balaban J connectivity index is 1.70. The fourth-order valence-electron chi connectivity index (χ4n) is 2.41. The minimum absolute atomic E-state index is 0.0625. The van der Waals surface area contributed by atoms with Crippen molar-refractivity contribution < 1.29 is 4.79 Å². The molecule has 0 spiro atoms. The largest absolute Gasteiger partial charge is 0.302 e. The predicted octanol–water partition coefficient (Wildman–Crippen LogP) is 3.71. The molecule has 0 aliphatic carbocycles. The fourth-order valence-corrected chi connectivity index (χ4v) is 4.04. The number of carbonyl (C=O) groups is 1. The second-order valence-electron chi connectivity index (χ2n) is 5.45. The highest BCUT2D eigenvalue weighted by Crippen LogP contribution is 2.30. The van der Waals surface area contributed by atoms with Crippen LogP contribution in [-0.2, 0) is 18.3 Å². The van der Waals surface area contributed by atoms with Crippen molar-refractivity contribution in [2.24, 2.45) is 7.05 Å². The Hall–Kier alpha value is -1.99. The van der Waals surface area contributed by atoms with Gasteiger partial charge in [-0.05, 0) is 32.9 Å². The van der Waals surface area contributed by atoms with Crippen molar-refractivity contribution in [2.45, 2.75) is 27.2 Å². The van der Waals surface area contributed by atoms with Gasteiger partial charge >= 0.3 is 0 Å². The number of nitrogens with one attached hydrogen (secondary N) is 1. The third-order valence-electron chi connectivity index (χ3n) is 3.74. The number of anilines is 1. The molecule has 0 aromatic carbocycles. The zero-order chi connectivity index (χ0) is 16.6. The van der Waals surface area contributed by atoms with Crippen molar-refractivity contribution >= 4 is 33.7 Å². The van der Waals surface area contributed by atoms with E-state index in [1.165, 1.54) is 16.2 Å². The van der Waals surface area contributed by atoms with E-state index in [2.05, 4.69) is 34.5 Å². The van der Waals surface area contributed by atoms with E-state index < -0.39 is 0 Å². The first-order valence-electron chi connectivity index (χ1n) is 7.25. The Labute approximate surface area is 143 Å². The molecule has 0 fully saturated rings. The van der Waals surface area contributed by atoms with Crippen LogP contribution in [0.25, 0.3) is 10.6 Å². The first kappa shape index (κ1) is 15.9. The molecule has 0 aliphatic heterocycles. The van der Waals surface area contributed by atoms with Crippen molar-refractivity contribution in [3.8, 4) is 10.6 Å². The monoisotopic (exact) mass is 346 g/mol. The van der Waals surface area contributed by atoms with Crippen LogP contribution in [0.15, 0.2) is 17.5 Å². The third-order valence-corrected chi connectivity index (χ3v) is 5.52. The molecule has 3 aromatic heterocycles. The molecule has 0 atom stereocenters. The van der Waals surface area contributed by atoms with Gasteiger partial charge in [0.05, 0.1) is 22.7 Å². The smallest absolute Gasteiger partial charge is 0.230 e. The van der Waals surface area contributed by atoms with Crippen LogP contribution in [0.2, 0.25) is 0 Å². The predicted molar refractivity (Wildman–Crippen MR) is 95.2 cm³/mol. The van der Waals surface area contributed by atoms with Crippen molar-refractivity contribution in [3.05, 3.63) is 39.3 Å². The molecular formula is C16H18N4OS2. The van der Waals surface area contributed by atoms with E-state index in [0.29, 0.717) is 11.6 Å². The second-order valence-corrected chi connectivity index (χ2v) is 7.59. The Bertz CT molecular complexity index is 859. The summed E-state index contributed by atoms with van der Waals surface area (Å²) in [7, 11) is 1.89. The van der Waals surface area contributed by atoms with Gasteiger partial charge in [-0.3, -0.25) is 9.48 Å². The minimum atomic E-state index is -0.0625. The highest BCUT2D eigenvalue weighted by atomic mass is 32.1. The molecule has 23 heavy (non-hydrogen) atoms. The maximum Gasteiger partial charge on any atom is 0.230 e. The lowest BCUT2D eigenvalue weighted by Gasteiger charge is -2.02. The number of hydrogen-bond donors (Lipinski definition) is 1. The topological polar surface area (TPSA) is 59.8 Å². The summed E-state index contributed by atoms with van der Waals surface area (Å²) in [6, 6.07) is 4.13. The van der Waals surface area contributed by atoms with Crippen LogP contribution in [0.3, 0.4) is 0 Å². The molecule has 7 heteroatoms. The van der Waals surface area contributed by atoms with Crippen LogP contribution in [0.1, 0.15) is 21.8 Å². The third kappa shape index (κ3) is 3.35. The number of carbonyl (C=O) groups excluding carboxylic acids is 1. The number of amides is 1. The fraction of sp³-hybridized carbons (Fsp3) is 0.312. The summed E-state index contributed by atoms with van der Waals surface area (Å²) >= 11 is 3.15. The van der Waals surface area contributed by atoms with Gasteiger partial charge in [0.1, 0.15) is 0 Å². The molecule has 120 valence electrons. The van der Waals surface area contributed by atoms with Crippen molar-refractivity contribution in [1.82, 2.24) is 14.8 Å². The highest BCUT2D eigenvalue weighted by molar-refractivity contribution is 7.17. The lowest BCUT2D eigenvalue weighted by molar-refractivity contribution is -0.115. The Morgan fingerprint density at radius 1 is 1.30 bits per heavy atom. The first-order valence-corrected chi connectivity index (χ1v) is 8.95. The number of nitrogens with zero attached hydrogens (tertiary/aromatic N) is 3. The molecule has 0 aliphatic rings. The zero-order valence-corrected chi connectivity index (χ0v) is 15.1. The quantitative estimate of drug-likeness (QED) is 0.783. The van der Waals surface area contributed by atoms with Gasteiger partial charge < -0.3 is 5.32 Å². The number of aryl methyl sites for hydroxylation is 3. The molecule has 0 unspecified atom stereocenters. The lowest BCUT2D eigenvalue weighted by Crippen LogP contribution is -2.15. The van der Waals surface area contributed by atoms with E-state index in [1.807, 2.05) is 26.3 Å². The van der Waals surface area contributed by atoms with Crippen molar-refractivity contribution in [2.75, 3.05) is 5.32 Å². The van der Waals surface area contributed by atoms with Crippen LogP contribution in [0, 0.1) is 20.8 Å². The number of thiophene rings is 1. The summed E-state index contributed by atoms with van der Waals surface area (Å²) in [4.78, 5) is 19.1. The molecule has 1 amide bonds. The van der Waals surface area contributed by atoms with Gasteiger partial charge in [-0.2, -0.15) is 5.10 Å². The van der Waals surface area contributed by atoms with Gasteiger partial charge in [0.25, 0.3) is 0 Å². The standard InChI is InChI=1S/C16H18N4OS2/c1-9-5-6-14(23-9)13-8-22-16(17-13)18-15(21)7-12-10(2)19-20(4)11(12)3/h5-6,8H,7H2,1-4H3,(H,17,18,21). The number of hydrogen-bond acceptors (Lipinski definition) is 5. The first-order chi connectivity index (χ1) is 10.9. The number of aromatic nitrogens is 3. The molecule has 5 nitrogen and oxygen atoms in total. The minimum Gasteiger partial charge on any atom is -0.302 e. The van der Waals surface area contributed by atoms with Crippen molar-refractivity contribution in [1.29, 1.82) is 0 Å². The van der Waals surface area contributed by atoms with E-state index in [1.54, 1.807) is 16.0 Å². The summed E-state index contributed by atoms with van der Waals surface area (Å²) in [6.07, 6.45) is 0.318. The summed E-state index contributed by atoms with van der Waals surface area (Å²) < 4.78 is 1.80. The van der Waals surface area contributed by atoms with Crippen LogP contribution in [0.5, 0.6) is 0 Å². The van der Waals surface area contributed by atoms with E-state index in [4.69, 9.17) is 0 Å². The Kier molecular flexibility index (Phi) is 4.32. The molecular weight excluding hydrogens is 328 g/mol. The lowest BCUT2D eigenvalue weighted by atomic mass is 10.1. The van der Waals surface area contributed by atoms with Crippen LogP contribution >= 0.6 is 22.7 Å². The molecule has 3 heterocycles. The average molecular weight is 346 g/mol. The summed E-state index contributed by atoms with van der Waals surface area (Å²) in [5.41, 5.74) is 3.81.